The zero-order chi connectivity index (χ0) is 17.7. The second kappa shape index (κ2) is 6.12. The number of hydrogen-bond donors (Lipinski definition) is 0. The Labute approximate surface area is 158 Å². The second-order valence-electron chi connectivity index (χ2n) is 6.81. The zero-order valence-electron chi connectivity index (χ0n) is 14.3. The van der Waals surface area contributed by atoms with Crippen molar-refractivity contribution in [3.63, 3.8) is 0 Å². The van der Waals surface area contributed by atoms with Crippen LogP contribution in [0.5, 0.6) is 0 Å². The van der Waals surface area contributed by atoms with Crippen LogP contribution in [0.3, 0.4) is 0 Å². The van der Waals surface area contributed by atoms with Gasteiger partial charge in [0.25, 0.3) is 0 Å². The fraction of sp³-hybridized carbons (Fsp3) is 0.238. The molecule has 0 spiro atoms. The molecule has 132 valence electrons. The minimum absolute atomic E-state index is 0.162. The van der Waals surface area contributed by atoms with Gasteiger partial charge in [-0.15, -0.1) is 11.8 Å². The molecule has 0 aromatic heterocycles. The first kappa shape index (κ1) is 16.4. The standard InChI is InChI=1S/C21H19NO2S2/c23-26(24,17-6-2-1-3-7-17)22-13-14-25-21(22)19-12-11-16-10-9-15-5-4-8-18(19)20(15)16/h1-8,11-12,21H,9-10,13-14H2/t21-/m0/s1. The lowest BCUT2D eigenvalue weighted by molar-refractivity contribution is 0.435. The van der Waals surface area contributed by atoms with Crippen LogP contribution in [0.1, 0.15) is 22.1 Å². The van der Waals surface area contributed by atoms with Gasteiger partial charge in [-0.1, -0.05) is 48.5 Å². The normalized spacial score (nSPS) is 20.1. The Morgan fingerprint density at radius 3 is 2.46 bits per heavy atom. The summed E-state index contributed by atoms with van der Waals surface area (Å²) in [6.07, 6.45) is 2.17. The summed E-state index contributed by atoms with van der Waals surface area (Å²) in [5, 5.41) is 2.39. The van der Waals surface area contributed by atoms with Crippen LogP contribution in [-0.4, -0.2) is 25.0 Å². The molecule has 2 aliphatic rings. The Hall–Kier alpha value is -1.82. The molecule has 5 rings (SSSR count). The van der Waals surface area contributed by atoms with Gasteiger partial charge in [-0.25, -0.2) is 8.42 Å². The molecule has 0 unspecified atom stereocenters. The number of aryl methyl sites for hydroxylation is 2. The van der Waals surface area contributed by atoms with Gasteiger partial charge < -0.3 is 0 Å². The molecule has 3 aromatic carbocycles. The molecular weight excluding hydrogens is 362 g/mol. The molecule has 0 saturated carbocycles. The van der Waals surface area contributed by atoms with Crippen LogP contribution in [-0.2, 0) is 22.9 Å². The van der Waals surface area contributed by atoms with E-state index in [1.807, 2.05) is 6.07 Å². The molecule has 3 nitrogen and oxygen atoms in total. The monoisotopic (exact) mass is 381 g/mol. The first-order valence-electron chi connectivity index (χ1n) is 8.88. The smallest absolute Gasteiger partial charge is 0.207 e. The fourth-order valence-electron chi connectivity index (χ4n) is 4.16. The molecule has 1 atom stereocenters. The maximum absolute atomic E-state index is 13.2. The largest absolute Gasteiger partial charge is 0.244 e. The third kappa shape index (κ3) is 2.42. The Kier molecular flexibility index (Phi) is 3.85. The van der Waals surface area contributed by atoms with E-state index in [1.54, 1.807) is 40.3 Å². The molecular formula is C21H19NO2S2. The molecule has 1 heterocycles. The predicted molar refractivity (Wildman–Crippen MR) is 107 cm³/mol. The van der Waals surface area contributed by atoms with E-state index in [-0.39, 0.29) is 5.37 Å². The van der Waals surface area contributed by atoms with Crippen LogP contribution in [0.2, 0.25) is 0 Å². The summed E-state index contributed by atoms with van der Waals surface area (Å²) in [6, 6.07) is 19.6. The number of benzene rings is 3. The summed E-state index contributed by atoms with van der Waals surface area (Å²) in [7, 11) is -3.50. The molecule has 5 heteroatoms. The minimum atomic E-state index is -3.50. The first-order valence-corrected chi connectivity index (χ1v) is 11.4. The van der Waals surface area contributed by atoms with Gasteiger partial charge in [0.05, 0.1) is 10.3 Å². The summed E-state index contributed by atoms with van der Waals surface area (Å²) in [6.45, 7) is 0.551. The number of thioether (sulfide) groups is 1. The van der Waals surface area contributed by atoms with Crippen molar-refractivity contribution in [2.45, 2.75) is 23.1 Å². The highest BCUT2D eigenvalue weighted by molar-refractivity contribution is 8.01. The Morgan fingerprint density at radius 1 is 0.885 bits per heavy atom. The Bertz CT molecular complexity index is 1080. The molecule has 1 fully saturated rings. The molecule has 3 aromatic rings. The maximum atomic E-state index is 13.2. The van der Waals surface area contributed by atoms with Crippen LogP contribution < -0.4 is 0 Å². The van der Waals surface area contributed by atoms with Gasteiger partial charge >= 0.3 is 0 Å². The molecule has 1 saturated heterocycles. The van der Waals surface area contributed by atoms with E-state index in [2.05, 4.69) is 30.3 Å². The van der Waals surface area contributed by atoms with Gasteiger partial charge in [-0.3, -0.25) is 0 Å². The highest BCUT2D eigenvalue weighted by atomic mass is 32.2. The van der Waals surface area contributed by atoms with Crippen LogP contribution in [0.25, 0.3) is 10.8 Å². The van der Waals surface area contributed by atoms with E-state index in [0.717, 1.165) is 24.2 Å². The minimum Gasteiger partial charge on any atom is -0.207 e. The van der Waals surface area contributed by atoms with Gasteiger partial charge in [0, 0.05) is 12.3 Å². The van der Waals surface area contributed by atoms with Gasteiger partial charge in [-0.2, -0.15) is 4.31 Å². The van der Waals surface area contributed by atoms with Crippen LogP contribution >= 0.6 is 11.8 Å². The highest BCUT2D eigenvalue weighted by Gasteiger charge is 2.37. The third-order valence-corrected chi connectivity index (χ3v) is 8.63. The van der Waals surface area contributed by atoms with E-state index in [9.17, 15) is 8.42 Å². The second-order valence-corrected chi connectivity index (χ2v) is 9.88. The van der Waals surface area contributed by atoms with Crippen molar-refractivity contribution in [2.24, 2.45) is 0 Å². The first-order chi connectivity index (χ1) is 12.7. The zero-order valence-corrected chi connectivity index (χ0v) is 15.9. The van der Waals surface area contributed by atoms with E-state index in [4.69, 9.17) is 0 Å². The van der Waals surface area contributed by atoms with Crippen molar-refractivity contribution in [1.82, 2.24) is 4.31 Å². The van der Waals surface area contributed by atoms with E-state index >= 15 is 0 Å². The average molecular weight is 382 g/mol. The number of sulfonamides is 1. The Balaban J connectivity index is 1.64. The Morgan fingerprint density at radius 2 is 1.65 bits per heavy atom. The van der Waals surface area contributed by atoms with E-state index in [0.29, 0.717) is 11.4 Å². The summed E-state index contributed by atoms with van der Waals surface area (Å²) in [5.74, 6) is 0.819. The van der Waals surface area contributed by atoms with Gasteiger partial charge in [0.15, 0.2) is 0 Å². The van der Waals surface area contributed by atoms with Crippen molar-refractivity contribution >= 4 is 32.6 Å². The number of nitrogens with zero attached hydrogens (tertiary/aromatic N) is 1. The summed E-state index contributed by atoms with van der Waals surface area (Å²) < 4.78 is 28.1. The fourth-order valence-corrected chi connectivity index (χ4v) is 7.45. The van der Waals surface area contributed by atoms with Gasteiger partial charge in [0.1, 0.15) is 0 Å². The summed E-state index contributed by atoms with van der Waals surface area (Å²) in [4.78, 5) is 0.374. The van der Waals surface area contributed by atoms with E-state index in [1.165, 1.54) is 21.9 Å². The van der Waals surface area contributed by atoms with E-state index < -0.39 is 10.0 Å². The van der Waals surface area contributed by atoms with Crippen LogP contribution in [0, 0.1) is 0 Å². The van der Waals surface area contributed by atoms with Crippen molar-refractivity contribution in [3.8, 4) is 0 Å². The quantitative estimate of drug-likeness (QED) is 0.676. The molecule has 1 aliphatic heterocycles. The van der Waals surface area contributed by atoms with Crippen molar-refractivity contribution in [2.75, 3.05) is 12.3 Å². The lowest BCUT2D eigenvalue weighted by Crippen LogP contribution is -2.30. The van der Waals surface area contributed by atoms with Crippen molar-refractivity contribution in [3.05, 3.63) is 77.4 Å². The lowest BCUT2D eigenvalue weighted by Gasteiger charge is -2.25. The van der Waals surface area contributed by atoms with Crippen LogP contribution in [0.15, 0.2) is 65.6 Å². The molecule has 0 radical (unpaired) electrons. The number of hydrogen-bond acceptors (Lipinski definition) is 3. The average Bonchev–Trinajstić information content (AvgIpc) is 3.32. The van der Waals surface area contributed by atoms with Crippen molar-refractivity contribution in [1.29, 1.82) is 0 Å². The molecule has 1 aliphatic carbocycles. The predicted octanol–water partition coefficient (Wildman–Crippen LogP) is 4.37. The molecule has 0 bridgehead atoms. The topological polar surface area (TPSA) is 37.4 Å². The van der Waals surface area contributed by atoms with Gasteiger partial charge in [0.2, 0.25) is 10.0 Å². The summed E-state index contributed by atoms with van der Waals surface area (Å²) >= 11 is 1.72. The maximum Gasteiger partial charge on any atom is 0.244 e. The van der Waals surface area contributed by atoms with Crippen molar-refractivity contribution < 1.29 is 8.42 Å². The molecule has 0 N–H and O–H groups in total. The molecule has 0 amide bonds. The SMILES string of the molecule is O=S(=O)(c1ccccc1)N1CCS[C@H]1c1ccc2c3c(cccc13)CC2. The number of rotatable bonds is 3. The van der Waals surface area contributed by atoms with Crippen LogP contribution in [0.4, 0.5) is 0 Å². The molecule has 26 heavy (non-hydrogen) atoms. The highest BCUT2D eigenvalue weighted by Crippen LogP contribution is 2.45. The third-order valence-electron chi connectivity index (χ3n) is 5.38. The van der Waals surface area contributed by atoms with Gasteiger partial charge in [-0.05, 0) is 52.4 Å². The summed E-state index contributed by atoms with van der Waals surface area (Å²) in [5.41, 5.74) is 3.90. The lowest BCUT2D eigenvalue weighted by atomic mass is 10.00.